The third kappa shape index (κ3) is 2.37. The number of aliphatic hydroxyl groups excluding tert-OH is 2. The van der Waals surface area contributed by atoms with Gasteiger partial charge in [0.1, 0.15) is 11.6 Å². The first kappa shape index (κ1) is 12.3. The lowest BCUT2D eigenvalue weighted by atomic mass is 10.2. The van der Waals surface area contributed by atoms with Gasteiger partial charge < -0.3 is 15.9 Å². The number of nitrogens with two attached hydrogens (primary N) is 1. The van der Waals surface area contributed by atoms with Gasteiger partial charge in [0.2, 0.25) is 0 Å². The van der Waals surface area contributed by atoms with E-state index < -0.39 is 12.2 Å². The molecule has 2 heterocycles. The predicted octanol–water partition coefficient (Wildman–Crippen LogP) is -0.251. The molecule has 1 saturated heterocycles. The number of nitrogens with zero attached hydrogens (tertiary/aromatic N) is 3. The average Bonchev–Trinajstić information content (AvgIpc) is 2.68. The maximum atomic E-state index is 9.52. The largest absolute Gasteiger partial charge is 0.389 e. The molecule has 0 amide bonds. The molecular formula is C13H16N4O2. The second-order valence-corrected chi connectivity index (χ2v) is 4.87. The minimum Gasteiger partial charge on any atom is -0.389 e. The number of anilines is 1. The van der Waals surface area contributed by atoms with Crippen LogP contribution in [0, 0.1) is 0 Å². The Morgan fingerprint density at radius 1 is 1.16 bits per heavy atom. The van der Waals surface area contributed by atoms with E-state index in [-0.39, 0.29) is 0 Å². The van der Waals surface area contributed by atoms with E-state index in [4.69, 9.17) is 5.73 Å². The summed E-state index contributed by atoms with van der Waals surface area (Å²) in [7, 11) is 0. The molecule has 1 aromatic carbocycles. The van der Waals surface area contributed by atoms with Crippen molar-refractivity contribution in [2.24, 2.45) is 0 Å². The summed E-state index contributed by atoms with van der Waals surface area (Å²) in [6, 6.07) is 7.58. The van der Waals surface area contributed by atoms with Gasteiger partial charge in [-0.25, -0.2) is 9.97 Å². The first-order valence-corrected chi connectivity index (χ1v) is 6.23. The van der Waals surface area contributed by atoms with Crippen LogP contribution in [0.1, 0.15) is 5.82 Å². The fourth-order valence-electron chi connectivity index (χ4n) is 2.40. The van der Waals surface area contributed by atoms with Crippen molar-refractivity contribution in [1.82, 2.24) is 14.9 Å². The minimum atomic E-state index is -0.696. The number of aromatic nitrogens is 2. The molecule has 19 heavy (non-hydrogen) atoms. The van der Waals surface area contributed by atoms with Crippen molar-refractivity contribution < 1.29 is 10.2 Å². The number of para-hydroxylation sites is 1. The lowest BCUT2D eigenvalue weighted by Crippen LogP contribution is -2.23. The van der Waals surface area contributed by atoms with Crippen molar-refractivity contribution in [2.45, 2.75) is 18.8 Å². The summed E-state index contributed by atoms with van der Waals surface area (Å²) in [5.41, 5.74) is 6.73. The van der Waals surface area contributed by atoms with Crippen LogP contribution in [0.3, 0.4) is 0 Å². The van der Waals surface area contributed by atoms with Gasteiger partial charge in [-0.3, -0.25) is 4.90 Å². The van der Waals surface area contributed by atoms with Crippen molar-refractivity contribution in [3.63, 3.8) is 0 Å². The van der Waals surface area contributed by atoms with Crippen molar-refractivity contribution >= 4 is 16.7 Å². The number of fused-ring (bicyclic) bond motifs is 1. The molecule has 1 aliphatic rings. The Morgan fingerprint density at radius 2 is 1.84 bits per heavy atom. The average molecular weight is 260 g/mol. The van der Waals surface area contributed by atoms with E-state index in [2.05, 4.69) is 9.97 Å². The van der Waals surface area contributed by atoms with Crippen molar-refractivity contribution in [3.8, 4) is 0 Å². The Labute approximate surface area is 110 Å². The highest BCUT2D eigenvalue weighted by Gasteiger charge is 2.29. The first-order chi connectivity index (χ1) is 9.13. The summed E-state index contributed by atoms with van der Waals surface area (Å²) in [5, 5.41) is 19.9. The Morgan fingerprint density at radius 3 is 2.58 bits per heavy atom. The standard InChI is InChI=1S/C13H16N4O2/c14-13-8-3-1-2-4-9(8)15-12(16-13)7-17-5-10(18)11(19)6-17/h1-4,10-11,18-19H,5-7H2,(H2,14,15,16)/t10-,11+. The van der Waals surface area contributed by atoms with E-state index >= 15 is 0 Å². The zero-order valence-corrected chi connectivity index (χ0v) is 10.4. The number of nitrogen functional groups attached to an aromatic ring is 1. The quantitative estimate of drug-likeness (QED) is 0.689. The SMILES string of the molecule is Nc1nc(CN2C[C@@H](O)[C@@H](O)C2)nc2ccccc12. The van der Waals surface area contributed by atoms with Crippen molar-refractivity contribution in [2.75, 3.05) is 18.8 Å². The third-order valence-corrected chi connectivity index (χ3v) is 3.38. The van der Waals surface area contributed by atoms with Crippen LogP contribution in [-0.4, -0.2) is 50.4 Å². The minimum absolute atomic E-state index is 0.428. The van der Waals surface area contributed by atoms with E-state index in [0.29, 0.717) is 31.3 Å². The molecule has 1 fully saturated rings. The van der Waals surface area contributed by atoms with Crippen LogP contribution in [0.25, 0.3) is 10.9 Å². The third-order valence-electron chi connectivity index (χ3n) is 3.38. The van der Waals surface area contributed by atoms with Crippen LogP contribution in [0.15, 0.2) is 24.3 Å². The molecule has 1 aliphatic heterocycles. The Kier molecular flexibility index (Phi) is 3.06. The van der Waals surface area contributed by atoms with Crippen LogP contribution in [0.2, 0.25) is 0 Å². The zero-order valence-electron chi connectivity index (χ0n) is 10.4. The molecule has 3 rings (SSSR count). The Balaban J connectivity index is 1.86. The molecule has 4 N–H and O–H groups in total. The number of β-amino-alcohol motifs (C(OH)–C–C–N with tert-alkyl or cyclic N) is 2. The second-order valence-electron chi connectivity index (χ2n) is 4.87. The highest BCUT2D eigenvalue weighted by molar-refractivity contribution is 5.87. The maximum absolute atomic E-state index is 9.52. The van der Waals surface area contributed by atoms with Gasteiger partial charge in [-0.1, -0.05) is 12.1 Å². The van der Waals surface area contributed by atoms with E-state index in [9.17, 15) is 10.2 Å². The fourth-order valence-corrected chi connectivity index (χ4v) is 2.40. The number of aliphatic hydroxyl groups is 2. The van der Waals surface area contributed by atoms with Crippen LogP contribution < -0.4 is 5.73 Å². The smallest absolute Gasteiger partial charge is 0.145 e. The molecule has 1 aromatic heterocycles. The van der Waals surface area contributed by atoms with Crippen LogP contribution in [-0.2, 0) is 6.54 Å². The molecule has 6 nitrogen and oxygen atoms in total. The van der Waals surface area contributed by atoms with E-state index in [1.165, 1.54) is 0 Å². The number of rotatable bonds is 2. The summed E-state index contributed by atoms with van der Waals surface area (Å²) in [6.45, 7) is 1.33. The summed E-state index contributed by atoms with van der Waals surface area (Å²) < 4.78 is 0. The lowest BCUT2D eigenvalue weighted by molar-refractivity contribution is 0.0572. The van der Waals surface area contributed by atoms with Crippen LogP contribution >= 0.6 is 0 Å². The molecule has 0 bridgehead atoms. The normalized spacial score (nSPS) is 24.1. The highest BCUT2D eigenvalue weighted by atomic mass is 16.3. The molecular weight excluding hydrogens is 244 g/mol. The summed E-state index contributed by atoms with van der Waals surface area (Å²) in [5.74, 6) is 1.07. The number of hydrogen-bond acceptors (Lipinski definition) is 6. The fraction of sp³-hybridized carbons (Fsp3) is 0.385. The first-order valence-electron chi connectivity index (χ1n) is 6.23. The van der Waals surface area contributed by atoms with E-state index in [1.54, 1.807) is 0 Å². The van der Waals surface area contributed by atoms with Gasteiger partial charge in [0.15, 0.2) is 0 Å². The molecule has 0 aliphatic carbocycles. The Bertz CT molecular complexity index is 594. The molecule has 0 radical (unpaired) electrons. The molecule has 2 atom stereocenters. The number of hydrogen-bond donors (Lipinski definition) is 3. The van der Waals surface area contributed by atoms with Gasteiger partial charge in [-0.2, -0.15) is 0 Å². The van der Waals surface area contributed by atoms with Gasteiger partial charge in [0, 0.05) is 18.5 Å². The van der Waals surface area contributed by atoms with Gasteiger partial charge in [0.05, 0.1) is 24.3 Å². The van der Waals surface area contributed by atoms with Gasteiger partial charge in [-0.05, 0) is 12.1 Å². The summed E-state index contributed by atoms with van der Waals surface area (Å²) in [6.07, 6.45) is -1.39. The van der Waals surface area contributed by atoms with E-state index in [0.717, 1.165) is 10.9 Å². The second kappa shape index (κ2) is 4.73. The lowest BCUT2D eigenvalue weighted by Gasteiger charge is -2.14. The predicted molar refractivity (Wildman–Crippen MR) is 71.2 cm³/mol. The summed E-state index contributed by atoms with van der Waals surface area (Å²) in [4.78, 5) is 10.6. The zero-order chi connectivity index (χ0) is 13.4. The van der Waals surface area contributed by atoms with Gasteiger partial charge >= 0.3 is 0 Å². The van der Waals surface area contributed by atoms with Gasteiger partial charge in [-0.15, -0.1) is 0 Å². The van der Waals surface area contributed by atoms with Crippen molar-refractivity contribution in [1.29, 1.82) is 0 Å². The number of benzene rings is 1. The highest BCUT2D eigenvalue weighted by Crippen LogP contribution is 2.19. The van der Waals surface area contributed by atoms with Crippen LogP contribution in [0.4, 0.5) is 5.82 Å². The van der Waals surface area contributed by atoms with Crippen LogP contribution in [0.5, 0.6) is 0 Å². The molecule has 0 spiro atoms. The summed E-state index contributed by atoms with van der Waals surface area (Å²) >= 11 is 0. The Hall–Kier alpha value is -1.76. The van der Waals surface area contributed by atoms with Crippen molar-refractivity contribution in [3.05, 3.63) is 30.1 Å². The molecule has 0 saturated carbocycles. The number of likely N-dealkylation sites (tertiary alicyclic amines) is 1. The molecule has 100 valence electrons. The maximum Gasteiger partial charge on any atom is 0.145 e. The topological polar surface area (TPSA) is 95.5 Å². The van der Waals surface area contributed by atoms with Gasteiger partial charge in [0.25, 0.3) is 0 Å². The molecule has 2 aromatic rings. The molecule has 6 heteroatoms. The molecule has 0 unspecified atom stereocenters. The monoisotopic (exact) mass is 260 g/mol. The van der Waals surface area contributed by atoms with E-state index in [1.807, 2.05) is 29.2 Å².